The highest BCUT2D eigenvalue weighted by atomic mass is 127. The van der Waals surface area contributed by atoms with Crippen molar-refractivity contribution >= 4 is 35.6 Å². The molecule has 0 radical (unpaired) electrons. The average molecular weight is 489 g/mol. The summed E-state index contributed by atoms with van der Waals surface area (Å²) >= 11 is 0. The minimum absolute atomic E-state index is 0. The fraction of sp³-hybridized carbons (Fsp3) is 0.273. The van der Waals surface area contributed by atoms with Crippen LogP contribution in [0.4, 0.5) is 5.69 Å². The summed E-state index contributed by atoms with van der Waals surface area (Å²) in [6, 6.07) is 18.7. The van der Waals surface area contributed by atoms with Gasteiger partial charge in [0, 0.05) is 24.6 Å². The molecule has 0 saturated heterocycles. The summed E-state index contributed by atoms with van der Waals surface area (Å²) in [4.78, 5) is 8.87. The first-order chi connectivity index (χ1) is 13.2. The Hall–Kier alpha value is -2.35. The molecule has 1 aromatic heterocycles. The lowest BCUT2D eigenvalue weighted by Gasteiger charge is -2.09. The molecule has 0 aliphatic heterocycles. The molecule has 28 heavy (non-hydrogen) atoms. The number of benzene rings is 2. The van der Waals surface area contributed by atoms with E-state index in [1.165, 1.54) is 11.1 Å². The van der Waals surface area contributed by atoms with Gasteiger partial charge in [0.1, 0.15) is 12.4 Å². The summed E-state index contributed by atoms with van der Waals surface area (Å²) in [6.07, 6.45) is 6.94. The van der Waals surface area contributed by atoms with E-state index in [-0.39, 0.29) is 24.0 Å². The Morgan fingerprint density at radius 2 is 1.89 bits per heavy atom. The van der Waals surface area contributed by atoms with Crippen molar-refractivity contribution in [2.75, 3.05) is 5.32 Å². The van der Waals surface area contributed by atoms with E-state index in [9.17, 15) is 0 Å². The van der Waals surface area contributed by atoms with Crippen LogP contribution in [-0.2, 0) is 25.9 Å². The second-order valence-electron chi connectivity index (χ2n) is 6.51. The number of imidazole rings is 1. The molecule has 6 heteroatoms. The lowest BCUT2D eigenvalue weighted by molar-refractivity contribution is 0.611. The Balaban J connectivity index is 0.00000280. The summed E-state index contributed by atoms with van der Waals surface area (Å²) in [5, 5.41) is 3.15. The lowest BCUT2D eigenvalue weighted by Crippen LogP contribution is -2.23. The number of nitrogens with one attached hydrogen (secondary N) is 1. The van der Waals surface area contributed by atoms with Crippen molar-refractivity contribution in [1.29, 1.82) is 0 Å². The van der Waals surface area contributed by atoms with Gasteiger partial charge < -0.3 is 15.6 Å². The van der Waals surface area contributed by atoms with Crippen molar-refractivity contribution < 1.29 is 0 Å². The molecule has 2 aromatic carbocycles. The number of anilines is 1. The van der Waals surface area contributed by atoms with Gasteiger partial charge in [-0.3, -0.25) is 0 Å². The van der Waals surface area contributed by atoms with Crippen LogP contribution >= 0.6 is 24.0 Å². The van der Waals surface area contributed by atoms with E-state index in [4.69, 9.17) is 5.73 Å². The summed E-state index contributed by atoms with van der Waals surface area (Å²) in [6.45, 7) is 3.52. The fourth-order valence-corrected chi connectivity index (χ4v) is 3.01. The number of aromatic nitrogens is 2. The number of hydrogen-bond donors (Lipinski definition) is 2. The topological polar surface area (TPSA) is 68.2 Å². The smallest absolute Gasteiger partial charge is 0.193 e. The number of aliphatic imine (C=N–C) groups is 1. The SMILES string of the molecule is CCc1cccc(NC(N)=NCc2nccn2CCCc2ccccc2)c1.I. The Bertz CT molecular complexity index is 873. The molecule has 148 valence electrons. The van der Waals surface area contributed by atoms with Crippen LogP contribution in [0.5, 0.6) is 0 Å². The molecule has 0 bridgehead atoms. The molecular formula is C22H28IN5. The number of nitrogens with two attached hydrogens (primary N) is 1. The van der Waals surface area contributed by atoms with E-state index in [1.807, 2.05) is 30.6 Å². The molecule has 0 amide bonds. The van der Waals surface area contributed by atoms with Gasteiger partial charge in [-0.2, -0.15) is 0 Å². The highest BCUT2D eigenvalue weighted by Crippen LogP contribution is 2.11. The van der Waals surface area contributed by atoms with Crippen LogP contribution in [0, 0.1) is 0 Å². The molecule has 0 saturated carbocycles. The predicted octanol–water partition coefficient (Wildman–Crippen LogP) is 4.62. The Morgan fingerprint density at radius 3 is 2.68 bits per heavy atom. The van der Waals surface area contributed by atoms with Crippen LogP contribution in [0.2, 0.25) is 0 Å². The van der Waals surface area contributed by atoms with Gasteiger partial charge in [0.15, 0.2) is 5.96 Å². The van der Waals surface area contributed by atoms with Crippen LogP contribution in [0.25, 0.3) is 0 Å². The van der Waals surface area contributed by atoms with E-state index < -0.39 is 0 Å². The summed E-state index contributed by atoms with van der Waals surface area (Å²) in [5.41, 5.74) is 9.63. The molecule has 3 aromatic rings. The summed E-state index contributed by atoms with van der Waals surface area (Å²) < 4.78 is 2.15. The molecule has 0 unspecified atom stereocenters. The van der Waals surface area contributed by atoms with Gasteiger partial charge in [0.2, 0.25) is 0 Å². The maximum absolute atomic E-state index is 6.04. The molecule has 0 fully saturated rings. The van der Waals surface area contributed by atoms with Crippen molar-refractivity contribution in [2.24, 2.45) is 10.7 Å². The molecule has 3 rings (SSSR count). The van der Waals surface area contributed by atoms with Crippen molar-refractivity contribution in [3.63, 3.8) is 0 Å². The standard InChI is InChI=1S/C22H27N5.HI/c1-2-18-10-6-12-20(16-18)26-22(23)25-17-21-24-13-15-27(21)14-7-11-19-8-4-3-5-9-19;/h3-6,8-10,12-13,15-16H,2,7,11,14,17H2,1H3,(H3,23,25,26);1H. The van der Waals surface area contributed by atoms with Crippen molar-refractivity contribution in [3.05, 3.63) is 83.9 Å². The molecule has 0 aliphatic carbocycles. The Labute approximate surface area is 184 Å². The van der Waals surface area contributed by atoms with Crippen LogP contribution < -0.4 is 11.1 Å². The van der Waals surface area contributed by atoms with E-state index >= 15 is 0 Å². The normalized spacial score (nSPS) is 11.1. The zero-order chi connectivity index (χ0) is 18.9. The first kappa shape index (κ1) is 21.9. The van der Waals surface area contributed by atoms with E-state index in [2.05, 4.69) is 63.2 Å². The van der Waals surface area contributed by atoms with Gasteiger partial charge in [-0.05, 0) is 42.5 Å². The Morgan fingerprint density at radius 1 is 1.11 bits per heavy atom. The first-order valence-corrected chi connectivity index (χ1v) is 9.44. The molecule has 5 nitrogen and oxygen atoms in total. The van der Waals surface area contributed by atoms with Gasteiger partial charge >= 0.3 is 0 Å². The third-order valence-electron chi connectivity index (χ3n) is 4.51. The molecule has 0 atom stereocenters. The van der Waals surface area contributed by atoms with E-state index in [0.717, 1.165) is 37.3 Å². The zero-order valence-electron chi connectivity index (χ0n) is 16.2. The van der Waals surface area contributed by atoms with E-state index in [1.54, 1.807) is 0 Å². The largest absolute Gasteiger partial charge is 0.370 e. The highest BCUT2D eigenvalue weighted by molar-refractivity contribution is 14.0. The molecule has 3 N–H and O–H groups in total. The van der Waals surface area contributed by atoms with Crippen LogP contribution in [0.1, 0.15) is 30.3 Å². The maximum atomic E-state index is 6.04. The maximum Gasteiger partial charge on any atom is 0.193 e. The van der Waals surface area contributed by atoms with Crippen LogP contribution in [-0.4, -0.2) is 15.5 Å². The summed E-state index contributed by atoms with van der Waals surface area (Å²) in [5.74, 6) is 1.33. The first-order valence-electron chi connectivity index (χ1n) is 9.44. The zero-order valence-corrected chi connectivity index (χ0v) is 18.5. The minimum atomic E-state index is 0. The highest BCUT2D eigenvalue weighted by Gasteiger charge is 2.03. The van der Waals surface area contributed by atoms with E-state index in [0.29, 0.717) is 12.5 Å². The lowest BCUT2D eigenvalue weighted by atomic mass is 10.1. The van der Waals surface area contributed by atoms with Gasteiger partial charge in [-0.15, -0.1) is 24.0 Å². The number of guanidine groups is 1. The average Bonchev–Trinajstić information content (AvgIpc) is 3.15. The second kappa shape index (κ2) is 11.5. The molecular weight excluding hydrogens is 461 g/mol. The third kappa shape index (κ3) is 6.67. The van der Waals surface area contributed by atoms with Gasteiger partial charge in [0.25, 0.3) is 0 Å². The Kier molecular flexibility index (Phi) is 9.00. The van der Waals surface area contributed by atoms with Crippen molar-refractivity contribution in [1.82, 2.24) is 9.55 Å². The predicted molar refractivity (Wildman–Crippen MR) is 127 cm³/mol. The number of nitrogens with zero attached hydrogens (tertiary/aromatic N) is 3. The molecule has 0 aliphatic rings. The number of hydrogen-bond acceptors (Lipinski definition) is 2. The van der Waals surface area contributed by atoms with Crippen LogP contribution in [0.3, 0.4) is 0 Å². The van der Waals surface area contributed by atoms with Crippen molar-refractivity contribution in [3.8, 4) is 0 Å². The number of aryl methyl sites for hydroxylation is 3. The monoisotopic (exact) mass is 489 g/mol. The molecule has 0 spiro atoms. The molecule has 1 heterocycles. The minimum Gasteiger partial charge on any atom is -0.370 e. The summed E-state index contributed by atoms with van der Waals surface area (Å²) in [7, 11) is 0. The van der Waals surface area contributed by atoms with Gasteiger partial charge in [-0.1, -0.05) is 49.4 Å². The quantitative estimate of drug-likeness (QED) is 0.276. The fourth-order valence-electron chi connectivity index (χ4n) is 3.01. The number of rotatable bonds is 8. The van der Waals surface area contributed by atoms with Gasteiger partial charge in [-0.25, -0.2) is 9.98 Å². The van der Waals surface area contributed by atoms with Gasteiger partial charge in [0.05, 0.1) is 0 Å². The van der Waals surface area contributed by atoms with Crippen molar-refractivity contribution in [2.45, 2.75) is 39.3 Å². The third-order valence-corrected chi connectivity index (χ3v) is 4.51. The van der Waals surface area contributed by atoms with Crippen LogP contribution in [0.15, 0.2) is 72.0 Å². The second-order valence-corrected chi connectivity index (χ2v) is 6.51. The number of halogens is 1.